The van der Waals surface area contributed by atoms with Crippen LogP contribution in [-0.4, -0.2) is 35.2 Å². The van der Waals surface area contributed by atoms with Gasteiger partial charge in [-0.15, -0.1) is 0 Å². The summed E-state index contributed by atoms with van der Waals surface area (Å²) in [6.45, 7) is 6.11. The Kier molecular flexibility index (Phi) is 5.96. The Bertz CT molecular complexity index is 189. The van der Waals surface area contributed by atoms with Crippen LogP contribution in [0.5, 0.6) is 0 Å². The Morgan fingerprint density at radius 3 is 2.80 bits per heavy atom. The normalized spacial score (nSPS) is 24.1. The van der Waals surface area contributed by atoms with Crippen LogP contribution in [0.1, 0.15) is 46.0 Å². The van der Waals surface area contributed by atoms with Crippen molar-refractivity contribution in [3.8, 4) is 0 Å². The molecule has 1 atom stereocenters. The van der Waals surface area contributed by atoms with Crippen LogP contribution in [-0.2, 0) is 0 Å². The zero-order valence-corrected chi connectivity index (χ0v) is 10.2. The molecular formula is C13H25NO. The lowest BCUT2D eigenvalue weighted by Gasteiger charge is -2.38. The van der Waals surface area contributed by atoms with Gasteiger partial charge in [-0.2, -0.15) is 0 Å². The van der Waals surface area contributed by atoms with Gasteiger partial charge in [0.05, 0.1) is 0 Å². The van der Waals surface area contributed by atoms with Crippen LogP contribution in [0.15, 0.2) is 12.2 Å². The summed E-state index contributed by atoms with van der Waals surface area (Å²) in [6.07, 6.45) is 10.4. The highest BCUT2D eigenvalue weighted by Crippen LogP contribution is 2.22. The second-order valence-electron chi connectivity index (χ2n) is 4.70. The first-order chi connectivity index (χ1) is 7.25. The Hall–Kier alpha value is -0.340. The van der Waals surface area contributed by atoms with Crippen molar-refractivity contribution in [3.05, 3.63) is 12.2 Å². The quantitative estimate of drug-likeness (QED) is 0.707. The molecule has 2 nitrogen and oxygen atoms in total. The van der Waals surface area contributed by atoms with Crippen molar-refractivity contribution >= 4 is 0 Å². The third-order valence-corrected chi connectivity index (χ3v) is 3.21. The van der Waals surface area contributed by atoms with E-state index in [2.05, 4.69) is 30.9 Å². The van der Waals surface area contributed by atoms with E-state index in [-0.39, 0.29) is 6.61 Å². The summed E-state index contributed by atoms with van der Waals surface area (Å²) >= 11 is 0. The van der Waals surface area contributed by atoms with E-state index in [9.17, 15) is 0 Å². The molecule has 0 aliphatic carbocycles. The van der Waals surface area contributed by atoms with Gasteiger partial charge in [0.15, 0.2) is 0 Å². The number of aliphatic hydroxyl groups is 1. The fraction of sp³-hybridized carbons (Fsp3) is 0.846. The van der Waals surface area contributed by atoms with Crippen molar-refractivity contribution in [2.24, 2.45) is 0 Å². The van der Waals surface area contributed by atoms with Crippen LogP contribution < -0.4 is 0 Å². The average molecular weight is 211 g/mol. The van der Waals surface area contributed by atoms with Crippen molar-refractivity contribution in [2.75, 3.05) is 13.2 Å². The molecule has 1 rings (SSSR count). The zero-order valence-electron chi connectivity index (χ0n) is 10.2. The summed E-state index contributed by atoms with van der Waals surface area (Å²) in [5, 5.41) is 8.68. The molecule has 1 saturated heterocycles. The van der Waals surface area contributed by atoms with Gasteiger partial charge in [0.1, 0.15) is 0 Å². The van der Waals surface area contributed by atoms with Gasteiger partial charge < -0.3 is 5.11 Å². The SMILES string of the molecule is CC(C)N1CCCCC1C/C=C\CCO. The van der Waals surface area contributed by atoms with Crippen LogP contribution in [0.4, 0.5) is 0 Å². The minimum absolute atomic E-state index is 0.273. The maximum Gasteiger partial charge on any atom is 0.0465 e. The predicted octanol–water partition coefficient (Wildman–Crippen LogP) is 2.58. The number of likely N-dealkylation sites (tertiary alicyclic amines) is 1. The van der Waals surface area contributed by atoms with E-state index in [1.54, 1.807) is 0 Å². The number of nitrogens with zero attached hydrogens (tertiary/aromatic N) is 1. The van der Waals surface area contributed by atoms with Crippen molar-refractivity contribution < 1.29 is 5.11 Å². The summed E-state index contributed by atoms with van der Waals surface area (Å²) in [6, 6.07) is 1.40. The molecule has 1 fully saturated rings. The van der Waals surface area contributed by atoms with Gasteiger partial charge in [-0.25, -0.2) is 0 Å². The van der Waals surface area contributed by atoms with Crippen LogP contribution in [0.3, 0.4) is 0 Å². The molecule has 0 radical (unpaired) electrons. The van der Waals surface area contributed by atoms with Gasteiger partial charge in [0, 0.05) is 18.7 Å². The fourth-order valence-electron chi connectivity index (χ4n) is 2.40. The molecule has 0 spiro atoms. The van der Waals surface area contributed by atoms with E-state index in [4.69, 9.17) is 5.11 Å². The number of hydrogen-bond donors (Lipinski definition) is 1. The van der Waals surface area contributed by atoms with Crippen LogP contribution in [0.25, 0.3) is 0 Å². The van der Waals surface area contributed by atoms with Gasteiger partial charge in [-0.05, 0) is 46.1 Å². The van der Waals surface area contributed by atoms with E-state index in [1.165, 1.54) is 25.8 Å². The number of piperidine rings is 1. The molecule has 88 valence electrons. The Morgan fingerprint density at radius 2 is 2.13 bits per heavy atom. The minimum Gasteiger partial charge on any atom is -0.396 e. The first-order valence-corrected chi connectivity index (χ1v) is 6.27. The Balaban J connectivity index is 2.35. The third kappa shape index (κ3) is 4.35. The first-order valence-electron chi connectivity index (χ1n) is 6.27. The van der Waals surface area contributed by atoms with E-state index in [0.29, 0.717) is 6.04 Å². The average Bonchev–Trinajstić information content (AvgIpc) is 2.25. The molecule has 0 aromatic rings. The molecule has 1 unspecified atom stereocenters. The van der Waals surface area contributed by atoms with Crippen molar-refractivity contribution in [3.63, 3.8) is 0 Å². The highest BCUT2D eigenvalue weighted by atomic mass is 16.2. The van der Waals surface area contributed by atoms with Gasteiger partial charge in [-0.1, -0.05) is 18.6 Å². The van der Waals surface area contributed by atoms with Crippen molar-refractivity contribution in [1.29, 1.82) is 0 Å². The van der Waals surface area contributed by atoms with Crippen molar-refractivity contribution in [1.82, 2.24) is 4.90 Å². The van der Waals surface area contributed by atoms with E-state index < -0.39 is 0 Å². The molecule has 1 aliphatic heterocycles. The largest absolute Gasteiger partial charge is 0.396 e. The number of rotatable bonds is 5. The summed E-state index contributed by atoms with van der Waals surface area (Å²) in [4.78, 5) is 2.62. The van der Waals surface area contributed by atoms with Crippen LogP contribution in [0, 0.1) is 0 Å². The second kappa shape index (κ2) is 7.02. The number of hydrogen-bond acceptors (Lipinski definition) is 2. The summed E-state index contributed by atoms with van der Waals surface area (Å²) < 4.78 is 0. The lowest BCUT2D eigenvalue weighted by atomic mass is 9.97. The molecule has 0 saturated carbocycles. The molecular weight excluding hydrogens is 186 g/mol. The summed E-state index contributed by atoms with van der Waals surface area (Å²) in [5.41, 5.74) is 0. The fourth-order valence-corrected chi connectivity index (χ4v) is 2.40. The Morgan fingerprint density at radius 1 is 1.33 bits per heavy atom. The van der Waals surface area contributed by atoms with Gasteiger partial charge in [0.25, 0.3) is 0 Å². The molecule has 0 bridgehead atoms. The third-order valence-electron chi connectivity index (χ3n) is 3.21. The lowest BCUT2D eigenvalue weighted by Crippen LogP contribution is -2.43. The summed E-state index contributed by atoms with van der Waals surface area (Å²) in [7, 11) is 0. The second-order valence-corrected chi connectivity index (χ2v) is 4.70. The van der Waals surface area contributed by atoms with Crippen LogP contribution >= 0.6 is 0 Å². The number of aliphatic hydroxyl groups excluding tert-OH is 1. The minimum atomic E-state index is 0.273. The summed E-state index contributed by atoms with van der Waals surface area (Å²) in [5.74, 6) is 0. The smallest absolute Gasteiger partial charge is 0.0465 e. The zero-order chi connectivity index (χ0) is 11.1. The van der Waals surface area contributed by atoms with Gasteiger partial charge in [-0.3, -0.25) is 4.90 Å². The molecule has 0 aromatic carbocycles. The molecule has 0 amide bonds. The maximum absolute atomic E-state index is 8.68. The lowest BCUT2D eigenvalue weighted by molar-refractivity contribution is 0.113. The molecule has 1 aliphatic rings. The predicted molar refractivity (Wildman–Crippen MR) is 64.9 cm³/mol. The molecule has 15 heavy (non-hydrogen) atoms. The standard InChI is InChI=1S/C13H25NO/c1-12(2)14-10-6-5-9-13(14)8-4-3-7-11-15/h3-4,12-13,15H,5-11H2,1-2H3/b4-3-. The van der Waals surface area contributed by atoms with Gasteiger partial charge >= 0.3 is 0 Å². The topological polar surface area (TPSA) is 23.5 Å². The van der Waals surface area contributed by atoms with Crippen molar-refractivity contribution in [2.45, 2.75) is 58.0 Å². The first kappa shape index (κ1) is 12.7. The molecule has 1 N–H and O–H groups in total. The highest BCUT2D eigenvalue weighted by molar-refractivity contribution is 4.89. The van der Waals surface area contributed by atoms with E-state index in [1.807, 2.05) is 0 Å². The maximum atomic E-state index is 8.68. The molecule has 2 heteroatoms. The highest BCUT2D eigenvalue weighted by Gasteiger charge is 2.22. The Labute approximate surface area is 94.0 Å². The van der Waals surface area contributed by atoms with Gasteiger partial charge in [0.2, 0.25) is 0 Å². The molecule has 1 heterocycles. The van der Waals surface area contributed by atoms with E-state index >= 15 is 0 Å². The van der Waals surface area contributed by atoms with Crippen LogP contribution in [0.2, 0.25) is 0 Å². The monoisotopic (exact) mass is 211 g/mol. The molecule has 0 aromatic heterocycles. The van der Waals surface area contributed by atoms with E-state index in [0.717, 1.165) is 18.9 Å².